The second-order valence-corrected chi connectivity index (χ2v) is 4.05. The Hall–Kier alpha value is -2.49. The van der Waals surface area contributed by atoms with Crippen molar-refractivity contribution in [2.75, 3.05) is 0 Å². The molecule has 0 saturated carbocycles. The molecule has 0 amide bonds. The Bertz CT molecular complexity index is 780. The van der Waals surface area contributed by atoms with Crippen molar-refractivity contribution in [1.29, 1.82) is 0 Å². The highest BCUT2D eigenvalue weighted by Crippen LogP contribution is 2.27. The molecular formula is C14H10O4. The molecule has 1 N–H and O–H groups in total. The van der Waals surface area contributed by atoms with Gasteiger partial charge in [0.05, 0.1) is 17.2 Å². The third kappa shape index (κ3) is 1.59. The molecule has 0 aliphatic heterocycles. The van der Waals surface area contributed by atoms with E-state index in [-0.39, 0.29) is 11.2 Å². The highest BCUT2D eigenvalue weighted by molar-refractivity contribution is 5.80. The number of hydrogen-bond acceptors (Lipinski definition) is 4. The van der Waals surface area contributed by atoms with Gasteiger partial charge in [-0.2, -0.15) is 0 Å². The predicted octanol–water partition coefficient (Wildman–Crippen LogP) is 3.07. The van der Waals surface area contributed by atoms with Crippen LogP contribution in [0.2, 0.25) is 0 Å². The number of aryl methyl sites for hydroxylation is 1. The number of phenolic OH excluding ortho intramolecular Hbond substituents is 1. The predicted molar refractivity (Wildman–Crippen MR) is 66.6 cm³/mol. The molecule has 0 aliphatic rings. The second kappa shape index (κ2) is 3.77. The van der Waals surface area contributed by atoms with Crippen LogP contribution in [0.4, 0.5) is 0 Å². The molecule has 4 heteroatoms. The van der Waals surface area contributed by atoms with Gasteiger partial charge in [0, 0.05) is 12.1 Å². The van der Waals surface area contributed by atoms with Gasteiger partial charge < -0.3 is 13.9 Å². The van der Waals surface area contributed by atoms with Gasteiger partial charge in [0.2, 0.25) is 0 Å². The van der Waals surface area contributed by atoms with Gasteiger partial charge >= 0.3 is 0 Å². The summed E-state index contributed by atoms with van der Waals surface area (Å²) in [6.45, 7) is 1.79. The molecular weight excluding hydrogens is 232 g/mol. The van der Waals surface area contributed by atoms with Gasteiger partial charge in [-0.05, 0) is 25.1 Å². The van der Waals surface area contributed by atoms with Crippen LogP contribution in [0.15, 0.2) is 50.2 Å². The summed E-state index contributed by atoms with van der Waals surface area (Å²) in [5.41, 5.74) is 0.947. The zero-order chi connectivity index (χ0) is 12.7. The SMILES string of the molecule is Cc1occc1-c1cc(=O)c2ccc(O)cc2o1. The summed E-state index contributed by atoms with van der Waals surface area (Å²) in [6, 6.07) is 7.60. The fourth-order valence-electron chi connectivity index (χ4n) is 1.92. The van der Waals surface area contributed by atoms with E-state index in [4.69, 9.17) is 8.83 Å². The highest BCUT2D eigenvalue weighted by atomic mass is 16.3. The van der Waals surface area contributed by atoms with Gasteiger partial charge in [0.15, 0.2) is 5.43 Å². The van der Waals surface area contributed by atoms with E-state index in [2.05, 4.69) is 0 Å². The minimum absolute atomic E-state index is 0.0618. The van der Waals surface area contributed by atoms with E-state index in [1.54, 1.807) is 19.1 Å². The van der Waals surface area contributed by atoms with E-state index in [1.165, 1.54) is 24.5 Å². The molecule has 0 saturated heterocycles. The largest absolute Gasteiger partial charge is 0.508 e. The van der Waals surface area contributed by atoms with Gasteiger partial charge in [-0.1, -0.05) is 0 Å². The molecule has 0 bridgehead atoms. The molecule has 0 aliphatic carbocycles. The van der Waals surface area contributed by atoms with Gasteiger partial charge in [-0.3, -0.25) is 4.79 Å². The zero-order valence-corrected chi connectivity index (χ0v) is 9.64. The molecule has 2 heterocycles. The fraction of sp³-hybridized carbons (Fsp3) is 0.0714. The second-order valence-electron chi connectivity index (χ2n) is 4.05. The summed E-state index contributed by atoms with van der Waals surface area (Å²) < 4.78 is 10.8. The van der Waals surface area contributed by atoms with Crippen molar-refractivity contribution in [1.82, 2.24) is 0 Å². The first-order valence-electron chi connectivity index (χ1n) is 5.46. The molecule has 1 aromatic carbocycles. The molecule has 2 aromatic heterocycles. The molecule has 90 valence electrons. The third-order valence-corrected chi connectivity index (χ3v) is 2.84. The van der Waals surface area contributed by atoms with Gasteiger partial charge in [0.25, 0.3) is 0 Å². The Kier molecular flexibility index (Phi) is 2.23. The van der Waals surface area contributed by atoms with Crippen LogP contribution in [0.5, 0.6) is 5.75 Å². The van der Waals surface area contributed by atoms with E-state index in [0.717, 1.165) is 5.56 Å². The van der Waals surface area contributed by atoms with Crippen LogP contribution in [0.3, 0.4) is 0 Å². The van der Waals surface area contributed by atoms with Crippen molar-refractivity contribution >= 4 is 11.0 Å². The lowest BCUT2D eigenvalue weighted by molar-refractivity contribution is 0.474. The topological polar surface area (TPSA) is 63.6 Å². The monoisotopic (exact) mass is 242 g/mol. The summed E-state index contributed by atoms with van der Waals surface area (Å²) in [6.07, 6.45) is 1.54. The van der Waals surface area contributed by atoms with Crippen LogP contribution in [0, 0.1) is 6.92 Å². The Morgan fingerprint density at radius 3 is 2.72 bits per heavy atom. The maximum absolute atomic E-state index is 11.9. The molecule has 4 nitrogen and oxygen atoms in total. The van der Waals surface area contributed by atoms with Crippen LogP contribution >= 0.6 is 0 Å². The average Bonchev–Trinajstić information content (AvgIpc) is 2.74. The van der Waals surface area contributed by atoms with E-state index < -0.39 is 0 Å². The summed E-state index contributed by atoms with van der Waals surface area (Å²) >= 11 is 0. The number of rotatable bonds is 1. The van der Waals surface area contributed by atoms with Crippen LogP contribution < -0.4 is 5.43 Å². The number of phenols is 1. The summed E-state index contributed by atoms with van der Waals surface area (Å²) in [7, 11) is 0. The summed E-state index contributed by atoms with van der Waals surface area (Å²) in [5.74, 6) is 1.17. The van der Waals surface area contributed by atoms with Gasteiger partial charge in [-0.15, -0.1) is 0 Å². The molecule has 3 rings (SSSR count). The van der Waals surface area contributed by atoms with Crippen molar-refractivity contribution in [2.24, 2.45) is 0 Å². The Morgan fingerprint density at radius 2 is 2.00 bits per heavy atom. The van der Waals surface area contributed by atoms with Crippen LogP contribution in [0.1, 0.15) is 5.76 Å². The lowest BCUT2D eigenvalue weighted by atomic mass is 10.1. The normalized spacial score (nSPS) is 10.9. The van der Waals surface area contributed by atoms with Gasteiger partial charge in [-0.25, -0.2) is 0 Å². The van der Waals surface area contributed by atoms with Crippen molar-refractivity contribution in [3.8, 4) is 17.1 Å². The Balaban J connectivity index is 2.33. The number of hydrogen-bond donors (Lipinski definition) is 1. The van der Waals surface area contributed by atoms with Crippen molar-refractivity contribution in [3.63, 3.8) is 0 Å². The lowest BCUT2D eigenvalue weighted by Gasteiger charge is -2.02. The Labute approximate surface area is 102 Å². The minimum Gasteiger partial charge on any atom is -0.508 e. The molecule has 0 unspecified atom stereocenters. The first-order valence-corrected chi connectivity index (χ1v) is 5.46. The molecule has 3 aromatic rings. The summed E-state index contributed by atoms with van der Waals surface area (Å²) in [5, 5.41) is 9.86. The molecule has 18 heavy (non-hydrogen) atoms. The van der Waals surface area contributed by atoms with Gasteiger partial charge in [0.1, 0.15) is 22.9 Å². The maximum Gasteiger partial charge on any atom is 0.193 e. The minimum atomic E-state index is -0.146. The Morgan fingerprint density at radius 1 is 1.17 bits per heavy atom. The highest BCUT2D eigenvalue weighted by Gasteiger charge is 2.11. The maximum atomic E-state index is 11.9. The van der Waals surface area contributed by atoms with E-state index in [9.17, 15) is 9.90 Å². The fourth-order valence-corrected chi connectivity index (χ4v) is 1.92. The van der Waals surface area contributed by atoms with E-state index in [0.29, 0.717) is 22.5 Å². The standard InChI is InChI=1S/C14H10O4/c1-8-10(4-5-17-8)14-7-12(16)11-3-2-9(15)6-13(11)18-14/h2-7,15H,1H3. The lowest BCUT2D eigenvalue weighted by Crippen LogP contribution is -1.99. The number of furan rings is 1. The third-order valence-electron chi connectivity index (χ3n) is 2.84. The average molecular weight is 242 g/mol. The first-order chi connectivity index (χ1) is 8.65. The molecule has 0 radical (unpaired) electrons. The van der Waals surface area contributed by atoms with E-state index in [1.807, 2.05) is 0 Å². The van der Waals surface area contributed by atoms with Crippen LogP contribution in [-0.2, 0) is 0 Å². The molecule has 0 spiro atoms. The quantitative estimate of drug-likeness (QED) is 0.712. The van der Waals surface area contributed by atoms with Crippen LogP contribution in [0.25, 0.3) is 22.3 Å². The molecule has 0 fully saturated rings. The van der Waals surface area contributed by atoms with Crippen molar-refractivity contribution in [3.05, 3.63) is 52.6 Å². The zero-order valence-electron chi connectivity index (χ0n) is 9.64. The van der Waals surface area contributed by atoms with Crippen molar-refractivity contribution < 1.29 is 13.9 Å². The first kappa shape index (κ1) is 10.7. The smallest absolute Gasteiger partial charge is 0.193 e. The summed E-state index contributed by atoms with van der Waals surface area (Å²) in [4.78, 5) is 11.9. The van der Waals surface area contributed by atoms with Crippen LogP contribution in [-0.4, -0.2) is 5.11 Å². The molecule has 0 atom stereocenters. The van der Waals surface area contributed by atoms with E-state index >= 15 is 0 Å². The van der Waals surface area contributed by atoms with Crippen molar-refractivity contribution in [2.45, 2.75) is 6.92 Å². The number of benzene rings is 1. The number of fused-ring (bicyclic) bond motifs is 1. The number of aromatic hydroxyl groups is 1.